The van der Waals surface area contributed by atoms with Gasteiger partial charge in [-0.2, -0.15) is 0 Å². The van der Waals surface area contributed by atoms with Crippen molar-refractivity contribution < 1.29 is 4.79 Å². The number of aromatic nitrogens is 3. The lowest BCUT2D eigenvalue weighted by Crippen LogP contribution is -2.38. The number of hydrogen-bond acceptors (Lipinski definition) is 6. The second-order valence-electron chi connectivity index (χ2n) is 6.71. The molecule has 0 radical (unpaired) electrons. The van der Waals surface area contributed by atoms with Crippen LogP contribution >= 0.6 is 11.3 Å². The van der Waals surface area contributed by atoms with E-state index in [1.807, 2.05) is 42.6 Å². The molecule has 7 nitrogen and oxygen atoms in total. The van der Waals surface area contributed by atoms with Crippen molar-refractivity contribution in [3.05, 3.63) is 65.3 Å². The van der Waals surface area contributed by atoms with Gasteiger partial charge >= 0.3 is 0 Å². The van der Waals surface area contributed by atoms with Gasteiger partial charge in [-0.15, -0.1) is 11.3 Å². The molecule has 0 saturated carbocycles. The smallest absolute Gasteiger partial charge is 0.261 e. The number of thiophene rings is 1. The Balaban J connectivity index is 1.36. The number of rotatable bonds is 7. The Bertz CT molecular complexity index is 1130. The second kappa shape index (κ2) is 8.42. The van der Waals surface area contributed by atoms with E-state index < -0.39 is 0 Å². The van der Waals surface area contributed by atoms with Crippen molar-refractivity contribution in [3.8, 4) is 10.6 Å². The molecule has 29 heavy (non-hydrogen) atoms. The van der Waals surface area contributed by atoms with Gasteiger partial charge in [-0.3, -0.25) is 4.79 Å². The van der Waals surface area contributed by atoms with Crippen molar-refractivity contribution in [2.75, 3.05) is 18.9 Å². The number of aromatic amines is 1. The summed E-state index contributed by atoms with van der Waals surface area (Å²) in [5, 5.41) is 7.02. The Morgan fingerprint density at radius 3 is 2.97 bits per heavy atom. The molecule has 8 heteroatoms. The van der Waals surface area contributed by atoms with Crippen molar-refractivity contribution >= 4 is 34.1 Å². The predicted molar refractivity (Wildman–Crippen MR) is 117 cm³/mol. The lowest BCUT2D eigenvalue weighted by Gasteiger charge is -2.12. The minimum Gasteiger partial charge on any atom is -0.361 e. The van der Waals surface area contributed by atoms with Crippen molar-refractivity contribution in [2.24, 2.45) is 5.73 Å². The molecule has 1 amide bonds. The van der Waals surface area contributed by atoms with Crippen molar-refractivity contribution in [1.82, 2.24) is 20.3 Å². The summed E-state index contributed by atoms with van der Waals surface area (Å²) in [5.74, 6) is 0.420. The van der Waals surface area contributed by atoms with Crippen molar-refractivity contribution in [1.29, 1.82) is 0 Å². The first-order chi connectivity index (χ1) is 14.1. The van der Waals surface area contributed by atoms with E-state index >= 15 is 0 Å². The highest BCUT2D eigenvalue weighted by molar-refractivity contribution is 7.17. The number of nitrogens with one attached hydrogen (secondary N) is 3. The van der Waals surface area contributed by atoms with E-state index in [1.165, 1.54) is 16.7 Å². The molecule has 1 aromatic carbocycles. The number of hydrogen-bond donors (Lipinski definition) is 4. The standard InChI is InChI=1S/C21H22N6OS/c1-23-21-24-9-8-17(27-21)18-6-7-19(29-18)20(28)26-12-14(22)10-13-11-25-16-5-3-2-4-15(13)16/h2-9,11,14,25H,10,12,22H2,1H3,(H,26,28)(H,23,24,27)/t14-/m0/s1. The maximum atomic E-state index is 12.5. The summed E-state index contributed by atoms with van der Waals surface area (Å²) in [6.07, 6.45) is 4.37. The molecule has 0 bridgehead atoms. The zero-order valence-corrected chi connectivity index (χ0v) is 16.8. The van der Waals surface area contributed by atoms with Crippen LogP contribution in [-0.2, 0) is 6.42 Å². The normalized spacial score (nSPS) is 12.1. The SMILES string of the molecule is CNc1nccc(-c2ccc(C(=O)NC[C@@H](N)Cc3c[nH]c4ccccc34)s2)n1. The molecule has 1 atom stereocenters. The molecule has 0 aliphatic rings. The van der Waals surface area contributed by atoms with Crippen LogP contribution in [0.1, 0.15) is 15.2 Å². The first kappa shape index (κ1) is 19.1. The van der Waals surface area contributed by atoms with Crippen LogP contribution in [0.15, 0.2) is 54.9 Å². The number of H-pyrrole nitrogens is 1. The minimum atomic E-state index is -0.169. The van der Waals surface area contributed by atoms with Crippen LogP contribution in [0.25, 0.3) is 21.5 Å². The summed E-state index contributed by atoms with van der Waals surface area (Å²) >= 11 is 1.40. The first-order valence-corrected chi connectivity index (χ1v) is 10.2. The van der Waals surface area contributed by atoms with Crippen molar-refractivity contribution in [3.63, 3.8) is 0 Å². The Kier molecular flexibility index (Phi) is 5.55. The van der Waals surface area contributed by atoms with Crippen LogP contribution in [0, 0.1) is 0 Å². The topological polar surface area (TPSA) is 109 Å². The summed E-state index contributed by atoms with van der Waals surface area (Å²) in [4.78, 5) is 25.8. The Hall–Kier alpha value is -3.23. The van der Waals surface area contributed by atoms with Gasteiger partial charge in [0.1, 0.15) is 0 Å². The van der Waals surface area contributed by atoms with Crippen LogP contribution in [0.5, 0.6) is 0 Å². The van der Waals surface area contributed by atoms with Gasteiger partial charge in [0.2, 0.25) is 5.95 Å². The van der Waals surface area contributed by atoms with E-state index in [4.69, 9.17) is 5.73 Å². The van der Waals surface area contributed by atoms with Gasteiger partial charge in [-0.05, 0) is 36.2 Å². The van der Waals surface area contributed by atoms with E-state index in [9.17, 15) is 4.79 Å². The molecule has 0 aliphatic heterocycles. The molecule has 3 heterocycles. The van der Waals surface area contributed by atoms with Crippen LogP contribution in [0.3, 0.4) is 0 Å². The summed E-state index contributed by atoms with van der Waals surface area (Å²) < 4.78 is 0. The Morgan fingerprint density at radius 1 is 1.24 bits per heavy atom. The molecule has 4 rings (SSSR count). The third-order valence-corrected chi connectivity index (χ3v) is 5.75. The fourth-order valence-electron chi connectivity index (χ4n) is 3.18. The molecule has 0 unspecified atom stereocenters. The molecule has 148 valence electrons. The lowest BCUT2D eigenvalue weighted by molar-refractivity contribution is 0.0955. The van der Waals surface area contributed by atoms with Gasteiger partial charge in [-0.25, -0.2) is 9.97 Å². The van der Waals surface area contributed by atoms with E-state index in [0.29, 0.717) is 23.8 Å². The number of amides is 1. The molecule has 0 saturated heterocycles. The van der Waals surface area contributed by atoms with E-state index in [1.54, 1.807) is 13.2 Å². The maximum Gasteiger partial charge on any atom is 0.261 e. The fourth-order valence-corrected chi connectivity index (χ4v) is 4.07. The average molecular weight is 407 g/mol. The molecule has 3 aromatic heterocycles. The molecular formula is C21H22N6OS. The van der Waals surface area contributed by atoms with Gasteiger partial charge in [-0.1, -0.05) is 18.2 Å². The highest BCUT2D eigenvalue weighted by atomic mass is 32.1. The third-order valence-electron chi connectivity index (χ3n) is 4.64. The number of para-hydroxylation sites is 1. The Morgan fingerprint density at radius 2 is 2.10 bits per heavy atom. The third kappa shape index (κ3) is 4.28. The highest BCUT2D eigenvalue weighted by Crippen LogP contribution is 2.27. The van der Waals surface area contributed by atoms with Gasteiger partial charge in [0.25, 0.3) is 5.91 Å². The second-order valence-corrected chi connectivity index (χ2v) is 7.80. The van der Waals surface area contributed by atoms with Gasteiger partial charge in [0.15, 0.2) is 0 Å². The zero-order chi connectivity index (χ0) is 20.2. The molecule has 0 fully saturated rings. The van der Waals surface area contributed by atoms with Gasteiger partial charge in [0.05, 0.1) is 15.4 Å². The largest absolute Gasteiger partial charge is 0.361 e. The first-order valence-electron chi connectivity index (χ1n) is 9.34. The summed E-state index contributed by atoms with van der Waals surface area (Å²) in [5.41, 5.74) is 9.29. The minimum absolute atomic E-state index is 0.126. The monoisotopic (exact) mass is 406 g/mol. The zero-order valence-electron chi connectivity index (χ0n) is 16.0. The molecule has 4 aromatic rings. The van der Waals surface area contributed by atoms with Crippen LogP contribution in [0.4, 0.5) is 5.95 Å². The maximum absolute atomic E-state index is 12.5. The molecule has 0 aliphatic carbocycles. The molecule has 5 N–H and O–H groups in total. The van der Waals surface area contributed by atoms with Crippen LogP contribution < -0.4 is 16.4 Å². The van der Waals surface area contributed by atoms with Crippen LogP contribution in [0.2, 0.25) is 0 Å². The highest BCUT2D eigenvalue weighted by Gasteiger charge is 2.14. The fraction of sp³-hybridized carbons (Fsp3) is 0.190. The summed E-state index contributed by atoms with van der Waals surface area (Å²) in [6, 6.07) is 13.5. The quantitative estimate of drug-likeness (QED) is 0.377. The predicted octanol–water partition coefficient (Wildman–Crippen LogP) is 3.03. The van der Waals surface area contributed by atoms with Gasteiger partial charge < -0.3 is 21.4 Å². The summed E-state index contributed by atoms with van der Waals surface area (Å²) in [6.45, 7) is 0.406. The lowest BCUT2D eigenvalue weighted by atomic mass is 10.1. The van der Waals surface area contributed by atoms with Gasteiger partial charge in [0, 0.05) is 42.9 Å². The van der Waals surface area contributed by atoms with E-state index in [0.717, 1.165) is 21.7 Å². The number of nitrogens with zero attached hydrogens (tertiary/aromatic N) is 2. The Labute approximate surface area is 172 Å². The van der Waals surface area contributed by atoms with E-state index in [2.05, 4.69) is 31.7 Å². The number of fused-ring (bicyclic) bond motifs is 1. The van der Waals surface area contributed by atoms with Crippen molar-refractivity contribution in [2.45, 2.75) is 12.5 Å². The van der Waals surface area contributed by atoms with E-state index in [-0.39, 0.29) is 11.9 Å². The number of carbonyl (C=O) groups is 1. The number of nitrogens with two attached hydrogens (primary N) is 1. The average Bonchev–Trinajstić information content (AvgIpc) is 3.40. The number of benzene rings is 1. The molecule has 0 spiro atoms. The molecular weight excluding hydrogens is 384 g/mol. The van der Waals surface area contributed by atoms with Crippen LogP contribution in [-0.4, -0.2) is 40.5 Å². The number of carbonyl (C=O) groups excluding carboxylic acids is 1. The summed E-state index contributed by atoms with van der Waals surface area (Å²) in [7, 11) is 1.77. The number of anilines is 1.